The van der Waals surface area contributed by atoms with Crippen LogP contribution in [0.3, 0.4) is 0 Å². The minimum absolute atomic E-state index is 0.297. The van der Waals surface area contributed by atoms with Crippen molar-refractivity contribution in [3.63, 3.8) is 0 Å². The second-order valence-corrected chi connectivity index (χ2v) is 4.97. The second-order valence-electron chi connectivity index (χ2n) is 4.97. The van der Waals surface area contributed by atoms with Gasteiger partial charge in [0, 0.05) is 19.7 Å². The molecule has 0 aliphatic rings. The fourth-order valence-electron chi connectivity index (χ4n) is 2.09. The average molecular weight is 315 g/mol. The van der Waals surface area contributed by atoms with Gasteiger partial charge in [-0.25, -0.2) is 4.39 Å². The van der Waals surface area contributed by atoms with Gasteiger partial charge in [0.1, 0.15) is 18.2 Å². The van der Waals surface area contributed by atoms with E-state index < -0.39 is 0 Å². The number of hydrogen-bond donors (Lipinski definition) is 2. The van der Waals surface area contributed by atoms with E-state index >= 15 is 0 Å². The quantitative estimate of drug-likeness (QED) is 0.469. The van der Waals surface area contributed by atoms with E-state index in [9.17, 15) is 4.39 Å². The zero-order valence-corrected chi connectivity index (χ0v) is 13.3. The zero-order chi connectivity index (χ0) is 16.3. The third-order valence-corrected chi connectivity index (χ3v) is 3.23. The van der Waals surface area contributed by atoms with Crippen molar-refractivity contribution in [2.75, 3.05) is 26.7 Å². The maximum absolute atomic E-state index is 13.0. The van der Waals surface area contributed by atoms with Gasteiger partial charge in [0.05, 0.1) is 6.54 Å². The maximum Gasteiger partial charge on any atom is 0.191 e. The van der Waals surface area contributed by atoms with Crippen molar-refractivity contribution in [3.8, 4) is 5.75 Å². The predicted molar refractivity (Wildman–Crippen MR) is 91.4 cm³/mol. The molecule has 122 valence electrons. The summed E-state index contributed by atoms with van der Waals surface area (Å²) in [6.45, 7) is 1.82. The largest absolute Gasteiger partial charge is 0.492 e. The van der Waals surface area contributed by atoms with Gasteiger partial charge >= 0.3 is 0 Å². The molecule has 2 rings (SSSR count). The number of rotatable bonds is 7. The van der Waals surface area contributed by atoms with Gasteiger partial charge in [0.25, 0.3) is 0 Å². The maximum atomic E-state index is 13.0. The first-order valence-corrected chi connectivity index (χ1v) is 7.65. The fraction of sp³-hybridized carbons (Fsp3) is 0.278. The Bertz CT molecular complexity index is 617. The van der Waals surface area contributed by atoms with Crippen molar-refractivity contribution in [1.29, 1.82) is 0 Å². The lowest BCUT2D eigenvalue weighted by Gasteiger charge is -2.12. The first kappa shape index (κ1) is 16.8. The fourth-order valence-corrected chi connectivity index (χ4v) is 2.09. The molecule has 0 bridgehead atoms. The summed E-state index contributed by atoms with van der Waals surface area (Å²) in [6.07, 6.45) is 0.932. The van der Waals surface area contributed by atoms with Gasteiger partial charge in [0.15, 0.2) is 5.96 Å². The third-order valence-electron chi connectivity index (χ3n) is 3.23. The van der Waals surface area contributed by atoms with Crippen LogP contribution in [-0.4, -0.2) is 32.7 Å². The van der Waals surface area contributed by atoms with Crippen LogP contribution < -0.4 is 15.4 Å². The molecule has 0 saturated heterocycles. The number of nitrogens with one attached hydrogen (secondary N) is 2. The molecule has 0 unspecified atom stereocenters. The van der Waals surface area contributed by atoms with Crippen molar-refractivity contribution in [1.82, 2.24) is 10.6 Å². The van der Waals surface area contributed by atoms with Crippen LogP contribution in [0, 0.1) is 5.82 Å². The summed E-state index contributed by atoms with van der Waals surface area (Å²) in [6, 6.07) is 16.4. The summed E-state index contributed by atoms with van der Waals surface area (Å²) < 4.78 is 18.5. The standard InChI is InChI=1S/C18H22FN3O/c1-20-18(21-11-10-15-6-3-2-4-7-15)22-12-13-23-17-9-5-8-16(19)14-17/h2-9,14H,10-13H2,1H3,(H2,20,21,22). The van der Waals surface area contributed by atoms with Crippen LogP contribution in [-0.2, 0) is 6.42 Å². The van der Waals surface area contributed by atoms with E-state index in [1.165, 1.54) is 17.7 Å². The molecule has 2 N–H and O–H groups in total. The number of halogens is 1. The van der Waals surface area contributed by atoms with Gasteiger partial charge < -0.3 is 15.4 Å². The van der Waals surface area contributed by atoms with Gasteiger partial charge in [-0.15, -0.1) is 0 Å². The summed E-state index contributed by atoms with van der Waals surface area (Å²) in [5, 5.41) is 6.41. The van der Waals surface area contributed by atoms with E-state index in [2.05, 4.69) is 27.8 Å². The number of guanidine groups is 1. The van der Waals surface area contributed by atoms with E-state index in [1.807, 2.05) is 18.2 Å². The van der Waals surface area contributed by atoms with Gasteiger partial charge in [-0.3, -0.25) is 4.99 Å². The molecule has 5 heteroatoms. The monoisotopic (exact) mass is 315 g/mol. The smallest absolute Gasteiger partial charge is 0.191 e. The molecule has 0 aromatic heterocycles. The predicted octanol–water partition coefficient (Wildman–Crippen LogP) is 2.61. The lowest BCUT2D eigenvalue weighted by Crippen LogP contribution is -2.40. The molecular formula is C18H22FN3O. The van der Waals surface area contributed by atoms with Gasteiger partial charge in [-0.05, 0) is 24.1 Å². The summed E-state index contributed by atoms with van der Waals surface area (Å²) in [4.78, 5) is 4.16. The van der Waals surface area contributed by atoms with Crippen molar-refractivity contribution in [3.05, 3.63) is 66.0 Å². The highest BCUT2D eigenvalue weighted by molar-refractivity contribution is 5.79. The highest BCUT2D eigenvalue weighted by atomic mass is 19.1. The zero-order valence-electron chi connectivity index (χ0n) is 13.3. The first-order chi connectivity index (χ1) is 11.3. The van der Waals surface area contributed by atoms with Crippen LogP contribution >= 0.6 is 0 Å². The van der Waals surface area contributed by atoms with E-state index in [0.717, 1.165) is 18.9 Å². The molecule has 4 nitrogen and oxygen atoms in total. The van der Waals surface area contributed by atoms with Crippen molar-refractivity contribution < 1.29 is 9.13 Å². The Hall–Kier alpha value is -2.56. The molecule has 0 fully saturated rings. The Morgan fingerprint density at radius 2 is 1.83 bits per heavy atom. The van der Waals surface area contributed by atoms with Crippen LogP contribution in [0.1, 0.15) is 5.56 Å². The Kier molecular flexibility index (Phi) is 6.91. The summed E-state index contributed by atoms with van der Waals surface area (Å²) in [7, 11) is 1.73. The summed E-state index contributed by atoms with van der Waals surface area (Å²) in [5.74, 6) is 0.955. The number of aliphatic imine (C=N–C) groups is 1. The van der Waals surface area contributed by atoms with E-state index in [0.29, 0.717) is 18.9 Å². The van der Waals surface area contributed by atoms with E-state index in [-0.39, 0.29) is 5.82 Å². The average Bonchev–Trinajstić information content (AvgIpc) is 2.58. The van der Waals surface area contributed by atoms with Crippen LogP contribution in [0.2, 0.25) is 0 Å². The molecule has 0 spiro atoms. The Balaban J connectivity index is 1.63. The lowest BCUT2D eigenvalue weighted by molar-refractivity contribution is 0.320. The van der Waals surface area contributed by atoms with Crippen LogP contribution in [0.5, 0.6) is 5.75 Å². The van der Waals surface area contributed by atoms with E-state index in [1.54, 1.807) is 19.2 Å². The number of ether oxygens (including phenoxy) is 1. The van der Waals surface area contributed by atoms with Gasteiger partial charge in [0.2, 0.25) is 0 Å². The lowest BCUT2D eigenvalue weighted by atomic mass is 10.1. The van der Waals surface area contributed by atoms with Crippen molar-refractivity contribution in [2.24, 2.45) is 4.99 Å². The van der Waals surface area contributed by atoms with Crippen LogP contribution in [0.15, 0.2) is 59.6 Å². The minimum atomic E-state index is -0.297. The molecule has 0 aliphatic heterocycles. The molecule has 0 atom stereocenters. The Labute approximate surface area is 136 Å². The molecule has 0 amide bonds. The molecule has 2 aromatic carbocycles. The summed E-state index contributed by atoms with van der Waals surface area (Å²) in [5.41, 5.74) is 1.28. The summed E-state index contributed by atoms with van der Waals surface area (Å²) >= 11 is 0. The van der Waals surface area contributed by atoms with Crippen LogP contribution in [0.4, 0.5) is 4.39 Å². The molecule has 2 aromatic rings. The molecule has 0 aliphatic carbocycles. The number of nitrogens with zero attached hydrogens (tertiary/aromatic N) is 1. The highest BCUT2D eigenvalue weighted by Crippen LogP contribution is 2.11. The third kappa shape index (κ3) is 6.38. The SMILES string of the molecule is CN=C(NCCOc1cccc(F)c1)NCCc1ccccc1. The molecule has 0 heterocycles. The topological polar surface area (TPSA) is 45.7 Å². The second kappa shape index (κ2) is 9.46. The van der Waals surface area contributed by atoms with E-state index in [4.69, 9.17) is 4.74 Å². The Morgan fingerprint density at radius 3 is 2.57 bits per heavy atom. The molecular weight excluding hydrogens is 293 g/mol. The van der Waals surface area contributed by atoms with Gasteiger partial charge in [-0.1, -0.05) is 36.4 Å². The molecule has 0 saturated carbocycles. The minimum Gasteiger partial charge on any atom is -0.492 e. The number of benzene rings is 2. The first-order valence-electron chi connectivity index (χ1n) is 7.65. The highest BCUT2D eigenvalue weighted by Gasteiger charge is 1.99. The van der Waals surface area contributed by atoms with Gasteiger partial charge in [-0.2, -0.15) is 0 Å². The molecule has 23 heavy (non-hydrogen) atoms. The Morgan fingerprint density at radius 1 is 1.04 bits per heavy atom. The van der Waals surface area contributed by atoms with Crippen molar-refractivity contribution >= 4 is 5.96 Å². The number of hydrogen-bond acceptors (Lipinski definition) is 2. The normalized spacial score (nSPS) is 11.1. The van der Waals surface area contributed by atoms with Crippen molar-refractivity contribution in [2.45, 2.75) is 6.42 Å². The molecule has 0 radical (unpaired) electrons. The van der Waals surface area contributed by atoms with Crippen LogP contribution in [0.25, 0.3) is 0 Å².